The van der Waals surface area contributed by atoms with Crippen LogP contribution in [-0.2, 0) is 9.47 Å². The zero-order valence-corrected chi connectivity index (χ0v) is 10.8. The van der Waals surface area contributed by atoms with Gasteiger partial charge in [0.15, 0.2) is 6.29 Å². The van der Waals surface area contributed by atoms with E-state index in [4.69, 9.17) is 21.1 Å². The Morgan fingerprint density at radius 3 is 2.24 bits per heavy atom. The molecule has 0 heterocycles. The molecule has 1 rings (SSSR count). The van der Waals surface area contributed by atoms with E-state index >= 15 is 0 Å². The average molecular weight is 258 g/mol. The molecule has 0 aliphatic carbocycles. The highest BCUT2D eigenvalue weighted by Crippen LogP contribution is 2.10. The van der Waals surface area contributed by atoms with E-state index in [9.17, 15) is 4.79 Å². The van der Waals surface area contributed by atoms with Crippen LogP contribution >= 0.6 is 11.6 Å². The van der Waals surface area contributed by atoms with Crippen molar-refractivity contribution in [3.63, 3.8) is 0 Å². The minimum atomic E-state index is -0.466. The normalized spacial score (nSPS) is 12.5. The summed E-state index contributed by atoms with van der Waals surface area (Å²) >= 11 is 5.75. The molecular weight excluding hydrogens is 242 g/mol. The van der Waals surface area contributed by atoms with Gasteiger partial charge in [-0.05, 0) is 31.2 Å². The molecule has 1 aromatic rings. The third-order valence-corrected chi connectivity index (χ3v) is 2.59. The van der Waals surface area contributed by atoms with Gasteiger partial charge in [0.2, 0.25) is 0 Å². The number of hydrogen-bond acceptors (Lipinski definition) is 3. The Bertz CT molecular complexity index is 363. The topological polar surface area (TPSA) is 47.6 Å². The molecular formula is C12H16ClNO3. The van der Waals surface area contributed by atoms with Crippen LogP contribution in [0.4, 0.5) is 0 Å². The van der Waals surface area contributed by atoms with Crippen molar-refractivity contribution in [3.8, 4) is 0 Å². The molecule has 0 radical (unpaired) electrons. The number of carbonyl (C=O) groups excluding carboxylic acids is 1. The average Bonchev–Trinajstić information content (AvgIpc) is 2.31. The van der Waals surface area contributed by atoms with Crippen molar-refractivity contribution in [3.05, 3.63) is 34.9 Å². The van der Waals surface area contributed by atoms with E-state index in [1.807, 2.05) is 6.92 Å². The lowest BCUT2D eigenvalue weighted by Gasteiger charge is -2.22. The number of hydrogen-bond donors (Lipinski definition) is 1. The molecule has 1 unspecified atom stereocenters. The van der Waals surface area contributed by atoms with Gasteiger partial charge in [0.1, 0.15) is 0 Å². The molecule has 1 aromatic carbocycles. The zero-order valence-electron chi connectivity index (χ0n) is 10.1. The Balaban J connectivity index is 2.62. The maximum absolute atomic E-state index is 11.8. The lowest BCUT2D eigenvalue weighted by atomic mass is 10.2. The Kier molecular flexibility index (Phi) is 5.41. The van der Waals surface area contributed by atoms with E-state index in [0.29, 0.717) is 10.6 Å². The summed E-state index contributed by atoms with van der Waals surface area (Å²) in [5.74, 6) is -0.187. The predicted molar refractivity (Wildman–Crippen MR) is 66.2 cm³/mol. The van der Waals surface area contributed by atoms with Crippen LogP contribution < -0.4 is 5.32 Å². The van der Waals surface area contributed by atoms with E-state index in [-0.39, 0.29) is 11.9 Å². The van der Waals surface area contributed by atoms with Crippen molar-refractivity contribution < 1.29 is 14.3 Å². The van der Waals surface area contributed by atoms with E-state index in [0.717, 1.165) is 0 Å². The smallest absolute Gasteiger partial charge is 0.251 e. The molecule has 94 valence electrons. The number of rotatable bonds is 5. The molecule has 5 heteroatoms. The summed E-state index contributed by atoms with van der Waals surface area (Å²) in [6.07, 6.45) is -0.466. The molecule has 0 aromatic heterocycles. The van der Waals surface area contributed by atoms with Crippen LogP contribution in [0.3, 0.4) is 0 Å². The predicted octanol–water partition coefficient (Wildman–Crippen LogP) is 2.08. The first kappa shape index (κ1) is 14.0. The van der Waals surface area contributed by atoms with Gasteiger partial charge in [-0.15, -0.1) is 0 Å². The van der Waals surface area contributed by atoms with Gasteiger partial charge >= 0.3 is 0 Å². The van der Waals surface area contributed by atoms with Crippen LogP contribution in [0.2, 0.25) is 5.02 Å². The minimum absolute atomic E-state index is 0.187. The van der Waals surface area contributed by atoms with E-state index in [1.54, 1.807) is 24.3 Å². The fourth-order valence-corrected chi connectivity index (χ4v) is 1.59. The van der Waals surface area contributed by atoms with Crippen LogP contribution in [0.1, 0.15) is 17.3 Å². The van der Waals surface area contributed by atoms with Gasteiger partial charge in [0, 0.05) is 24.8 Å². The third kappa shape index (κ3) is 4.00. The lowest BCUT2D eigenvalue weighted by Crippen LogP contribution is -2.42. The van der Waals surface area contributed by atoms with Gasteiger partial charge in [-0.2, -0.15) is 0 Å². The largest absolute Gasteiger partial charge is 0.354 e. The molecule has 17 heavy (non-hydrogen) atoms. The summed E-state index contributed by atoms with van der Waals surface area (Å²) in [6.45, 7) is 1.81. The summed E-state index contributed by atoms with van der Waals surface area (Å²) in [5.41, 5.74) is 0.548. The lowest BCUT2D eigenvalue weighted by molar-refractivity contribution is -0.117. The molecule has 4 nitrogen and oxygen atoms in total. The highest BCUT2D eigenvalue weighted by Gasteiger charge is 2.18. The maximum Gasteiger partial charge on any atom is 0.251 e. The van der Waals surface area contributed by atoms with Crippen molar-refractivity contribution in [2.75, 3.05) is 14.2 Å². The fourth-order valence-electron chi connectivity index (χ4n) is 1.46. The molecule has 0 saturated carbocycles. The first-order chi connectivity index (χ1) is 8.08. The van der Waals surface area contributed by atoms with Crippen molar-refractivity contribution in [2.24, 2.45) is 0 Å². The van der Waals surface area contributed by atoms with E-state index in [2.05, 4.69) is 5.32 Å². The van der Waals surface area contributed by atoms with Gasteiger partial charge in [-0.3, -0.25) is 4.79 Å². The number of halogens is 1. The zero-order chi connectivity index (χ0) is 12.8. The van der Waals surface area contributed by atoms with Crippen LogP contribution in [0.25, 0.3) is 0 Å². The quantitative estimate of drug-likeness (QED) is 0.822. The molecule has 1 N–H and O–H groups in total. The van der Waals surface area contributed by atoms with Gasteiger partial charge < -0.3 is 14.8 Å². The Labute approximate surface area is 106 Å². The summed E-state index contributed by atoms with van der Waals surface area (Å²) in [5, 5.41) is 3.38. The molecule has 0 bridgehead atoms. The molecule has 0 aliphatic heterocycles. The number of methoxy groups -OCH3 is 2. The summed E-state index contributed by atoms with van der Waals surface area (Å²) in [7, 11) is 3.05. The molecule has 1 atom stereocenters. The van der Waals surface area contributed by atoms with Crippen LogP contribution in [0, 0.1) is 0 Å². The van der Waals surface area contributed by atoms with Crippen LogP contribution in [0.15, 0.2) is 24.3 Å². The highest BCUT2D eigenvalue weighted by atomic mass is 35.5. The van der Waals surface area contributed by atoms with Gasteiger partial charge in [-0.1, -0.05) is 11.6 Å². The SMILES string of the molecule is COC(OC)C(C)NC(=O)c1ccc(Cl)cc1. The number of ether oxygens (including phenoxy) is 2. The molecule has 1 amide bonds. The van der Waals surface area contributed by atoms with E-state index in [1.165, 1.54) is 14.2 Å². The van der Waals surface area contributed by atoms with Crippen molar-refractivity contribution in [1.29, 1.82) is 0 Å². The first-order valence-electron chi connectivity index (χ1n) is 5.20. The summed E-state index contributed by atoms with van der Waals surface area (Å²) in [4.78, 5) is 11.8. The van der Waals surface area contributed by atoms with Crippen LogP contribution in [0.5, 0.6) is 0 Å². The van der Waals surface area contributed by atoms with Gasteiger partial charge in [0.25, 0.3) is 5.91 Å². The monoisotopic (exact) mass is 257 g/mol. The Morgan fingerprint density at radius 2 is 1.76 bits per heavy atom. The number of carbonyl (C=O) groups is 1. The fraction of sp³-hybridized carbons (Fsp3) is 0.417. The van der Waals surface area contributed by atoms with Crippen molar-refractivity contribution >= 4 is 17.5 Å². The number of benzene rings is 1. The maximum atomic E-state index is 11.8. The summed E-state index contributed by atoms with van der Waals surface area (Å²) in [6, 6.07) is 6.43. The second-order valence-electron chi connectivity index (χ2n) is 3.61. The van der Waals surface area contributed by atoms with Gasteiger partial charge in [0.05, 0.1) is 6.04 Å². The van der Waals surface area contributed by atoms with Crippen molar-refractivity contribution in [1.82, 2.24) is 5.32 Å². The molecule has 0 saturated heterocycles. The molecule has 0 spiro atoms. The Morgan fingerprint density at radius 1 is 1.24 bits per heavy atom. The second-order valence-corrected chi connectivity index (χ2v) is 4.05. The molecule has 0 aliphatic rings. The van der Waals surface area contributed by atoms with Gasteiger partial charge in [-0.25, -0.2) is 0 Å². The first-order valence-corrected chi connectivity index (χ1v) is 5.58. The third-order valence-electron chi connectivity index (χ3n) is 2.34. The Hall–Kier alpha value is -1.10. The molecule has 0 fully saturated rings. The standard InChI is InChI=1S/C12H16ClNO3/c1-8(12(16-2)17-3)14-11(15)9-4-6-10(13)7-5-9/h4-8,12H,1-3H3,(H,14,15). The summed E-state index contributed by atoms with van der Waals surface area (Å²) < 4.78 is 10.1. The minimum Gasteiger partial charge on any atom is -0.354 e. The van der Waals surface area contributed by atoms with E-state index < -0.39 is 6.29 Å². The van der Waals surface area contributed by atoms with Crippen LogP contribution in [-0.4, -0.2) is 32.5 Å². The number of nitrogens with one attached hydrogen (secondary N) is 1. The highest BCUT2D eigenvalue weighted by molar-refractivity contribution is 6.30. The second kappa shape index (κ2) is 6.59. The van der Waals surface area contributed by atoms with Crippen molar-refractivity contribution in [2.45, 2.75) is 19.3 Å². The number of amides is 1.